The summed E-state index contributed by atoms with van der Waals surface area (Å²) < 4.78 is 12.6. The predicted molar refractivity (Wildman–Crippen MR) is 77.9 cm³/mol. The van der Waals surface area contributed by atoms with Gasteiger partial charge in [-0.05, 0) is 12.8 Å². The molecule has 0 spiro atoms. The summed E-state index contributed by atoms with van der Waals surface area (Å²) in [6.45, 7) is 7.40. The molecule has 1 aromatic rings. The van der Waals surface area contributed by atoms with Crippen molar-refractivity contribution in [1.82, 2.24) is 0 Å². The molecule has 2 nitrogen and oxygen atoms in total. The molecule has 1 heterocycles. The maximum absolute atomic E-state index is 6.43. The fraction of sp³-hybridized carbons (Fsp3) is 0.647. The van der Waals surface area contributed by atoms with Crippen molar-refractivity contribution in [2.75, 3.05) is 6.61 Å². The average molecular weight is 262 g/mol. The van der Waals surface area contributed by atoms with Crippen LogP contribution in [0.15, 0.2) is 30.3 Å². The summed E-state index contributed by atoms with van der Waals surface area (Å²) in [5, 5.41) is 0. The number of rotatable bonds is 5. The van der Waals surface area contributed by atoms with E-state index in [0.717, 1.165) is 37.9 Å². The zero-order valence-electron chi connectivity index (χ0n) is 12.4. The van der Waals surface area contributed by atoms with Crippen molar-refractivity contribution >= 4 is 0 Å². The Morgan fingerprint density at radius 3 is 2.47 bits per heavy atom. The second-order valence-corrected chi connectivity index (χ2v) is 5.40. The smallest absolute Gasteiger partial charge is 0.194 e. The molecular weight excluding hydrogens is 236 g/mol. The normalized spacial score (nSPS) is 31.3. The SMILES string of the molecule is CCC[C@@H]1O[C@](CC)(c2ccccc2)OC[C@@H]1CC. The van der Waals surface area contributed by atoms with Crippen molar-refractivity contribution < 1.29 is 9.47 Å². The highest BCUT2D eigenvalue weighted by atomic mass is 16.7. The first-order chi connectivity index (χ1) is 9.25. The highest BCUT2D eigenvalue weighted by molar-refractivity contribution is 5.20. The van der Waals surface area contributed by atoms with Gasteiger partial charge in [0.25, 0.3) is 0 Å². The summed E-state index contributed by atoms with van der Waals surface area (Å²) in [6.07, 6.45) is 4.59. The summed E-state index contributed by atoms with van der Waals surface area (Å²) in [7, 11) is 0. The molecule has 1 aromatic carbocycles. The Hall–Kier alpha value is -0.860. The molecule has 0 saturated carbocycles. The lowest BCUT2D eigenvalue weighted by Gasteiger charge is -2.44. The Bertz CT molecular complexity index is 376. The predicted octanol–water partition coefficient (Wildman–Crippen LogP) is 4.49. The fourth-order valence-electron chi connectivity index (χ4n) is 2.92. The van der Waals surface area contributed by atoms with Gasteiger partial charge in [0.2, 0.25) is 0 Å². The summed E-state index contributed by atoms with van der Waals surface area (Å²) in [5.74, 6) is -0.00409. The van der Waals surface area contributed by atoms with Gasteiger partial charge in [-0.1, -0.05) is 57.5 Å². The zero-order valence-corrected chi connectivity index (χ0v) is 12.4. The van der Waals surface area contributed by atoms with Crippen LogP contribution < -0.4 is 0 Å². The van der Waals surface area contributed by atoms with Crippen molar-refractivity contribution in [2.24, 2.45) is 5.92 Å². The Balaban J connectivity index is 2.22. The maximum atomic E-state index is 6.43. The summed E-state index contributed by atoms with van der Waals surface area (Å²) in [6, 6.07) is 10.4. The van der Waals surface area contributed by atoms with E-state index in [0.29, 0.717) is 12.0 Å². The van der Waals surface area contributed by atoms with E-state index in [4.69, 9.17) is 9.47 Å². The lowest BCUT2D eigenvalue weighted by atomic mass is 9.92. The molecule has 0 amide bonds. The Labute approximate surface area is 117 Å². The zero-order chi connectivity index (χ0) is 13.7. The van der Waals surface area contributed by atoms with Crippen LogP contribution >= 0.6 is 0 Å². The third-order valence-corrected chi connectivity index (χ3v) is 4.17. The first-order valence-corrected chi connectivity index (χ1v) is 7.63. The van der Waals surface area contributed by atoms with Crippen molar-refractivity contribution in [3.05, 3.63) is 35.9 Å². The highest BCUT2D eigenvalue weighted by Gasteiger charge is 2.41. The van der Waals surface area contributed by atoms with E-state index in [1.54, 1.807) is 0 Å². The average Bonchev–Trinajstić information content (AvgIpc) is 2.48. The molecule has 106 valence electrons. The quantitative estimate of drug-likeness (QED) is 0.778. The van der Waals surface area contributed by atoms with Gasteiger partial charge in [0.1, 0.15) is 0 Å². The van der Waals surface area contributed by atoms with Crippen LogP contribution in [0.25, 0.3) is 0 Å². The van der Waals surface area contributed by atoms with Gasteiger partial charge in [0.05, 0.1) is 12.7 Å². The van der Waals surface area contributed by atoms with Crippen molar-refractivity contribution in [2.45, 2.75) is 58.3 Å². The molecule has 0 radical (unpaired) electrons. The lowest BCUT2D eigenvalue weighted by molar-refractivity contribution is -0.323. The van der Waals surface area contributed by atoms with E-state index < -0.39 is 5.79 Å². The van der Waals surface area contributed by atoms with Crippen LogP contribution in [0.2, 0.25) is 0 Å². The fourth-order valence-corrected chi connectivity index (χ4v) is 2.92. The molecule has 3 atom stereocenters. The molecule has 2 heteroatoms. The van der Waals surface area contributed by atoms with Crippen LogP contribution in [0.3, 0.4) is 0 Å². The first kappa shape index (κ1) is 14.5. The molecule has 0 N–H and O–H groups in total. The Kier molecular flexibility index (Phi) is 5.00. The summed E-state index contributed by atoms with van der Waals surface area (Å²) in [4.78, 5) is 0. The van der Waals surface area contributed by atoms with E-state index in [1.165, 1.54) is 0 Å². The van der Waals surface area contributed by atoms with Crippen molar-refractivity contribution in [3.63, 3.8) is 0 Å². The first-order valence-electron chi connectivity index (χ1n) is 7.63. The lowest BCUT2D eigenvalue weighted by Crippen LogP contribution is -2.46. The molecule has 0 unspecified atom stereocenters. The van der Waals surface area contributed by atoms with E-state index in [9.17, 15) is 0 Å². The number of benzene rings is 1. The van der Waals surface area contributed by atoms with Gasteiger partial charge in [-0.25, -0.2) is 0 Å². The Morgan fingerprint density at radius 2 is 1.89 bits per heavy atom. The molecule has 0 aliphatic carbocycles. The van der Waals surface area contributed by atoms with Crippen LogP contribution in [-0.2, 0) is 15.3 Å². The van der Waals surface area contributed by atoms with Gasteiger partial charge < -0.3 is 9.47 Å². The molecule has 1 saturated heterocycles. The van der Waals surface area contributed by atoms with E-state index in [-0.39, 0.29) is 0 Å². The largest absolute Gasteiger partial charge is 0.345 e. The molecule has 1 aliphatic rings. The van der Waals surface area contributed by atoms with Crippen molar-refractivity contribution in [1.29, 1.82) is 0 Å². The van der Waals surface area contributed by atoms with E-state index >= 15 is 0 Å². The van der Waals surface area contributed by atoms with Crippen molar-refractivity contribution in [3.8, 4) is 0 Å². The van der Waals surface area contributed by atoms with Gasteiger partial charge in [-0.2, -0.15) is 0 Å². The number of ether oxygens (including phenoxy) is 2. The third-order valence-electron chi connectivity index (χ3n) is 4.17. The minimum atomic E-state index is -0.535. The number of hydrogen-bond donors (Lipinski definition) is 0. The Morgan fingerprint density at radius 1 is 1.16 bits per heavy atom. The van der Waals surface area contributed by atoms with Gasteiger partial charge >= 0.3 is 0 Å². The van der Waals surface area contributed by atoms with E-state index in [1.807, 2.05) is 6.07 Å². The van der Waals surface area contributed by atoms with Crippen LogP contribution in [0.1, 0.15) is 52.0 Å². The second kappa shape index (κ2) is 6.53. The van der Waals surface area contributed by atoms with Crippen LogP contribution in [-0.4, -0.2) is 12.7 Å². The van der Waals surface area contributed by atoms with Gasteiger partial charge in [-0.15, -0.1) is 0 Å². The van der Waals surface area contributed by atoms with Crippen LogP contribution in [0, 0.1) is 5.92 Å². The van der Waals surface area contributed by atoms with Gasteiger partial charge in [0.15, 0.2) is 5.79 Å². The van der Waals surface area contributed by atoms with Crippen LogP contribution in [0.5, 0.6) is 0 Å². The topological polar surface area (TPSA) is 18.5 Å². The third kappa shape index (κ3) is 3.01. The monoisotopic (exact) mass is 262 g/mol. The molecular formula is C17H26O2. The summed E-state index contributed by atoms with van der Waals surface area (Å²) >= 11 is 0. The van der Waals surface area contributed by atoms with E-state index in [2.05, 4.69) is 45.0 Å². The van der Waals surface area contributed by atoms with Crippen LogP contribution in [0.4, 0.5) is 0 Å². The molecule has 19 heavy (non-hydrogen) atoms. The summed E-state index contributed by atoms with van der Waals surface area (Å²) in [5.41, 5.74) is 1.15. The van der Waals surface area contributed by atoms with Gasteiger partial charge in [-0.3, -0.25) is 0 Å². The minimum absolute atomic E-state index is 0.323. The molecule has 2 rings (SSSR count). The van der Waals surface area contributed by atoms with Gasteiger partial charge in [0, 0.05) is 17.9 Å². The second-order valence-electron chi connectivity index (χ2n) is 5.40. The number of hydrogen-bond acceptors (Lipinski definition) is 2. The highest BCUT2D eigenvalue weighted by Crippen LogP contribution is 2.39. The molecule has 1 aliphatic heterocycles. The minimum Gasteiger partial charge on any atom is -0.345 e. The molecule has 1 fully saturated rings. The molecule has 0 aromatic heterocycles. The molecule has 0 bridgehead atoms. The maximum Gasteiger partial charge on any atom is 0.194 e. The standard InChI is InChI=1S/C17H26O2/c1-4-10-16-14(5-2)13-18-17(6-3,19-16)15-11-8-7-9-12-15/h7-9,11-12,14,16H,4-6,10,13H2,1-3H3/t14-,16-,17+/m0/s1.